The van der Waals surface area contributed by atoms with Gasteiger partial charge in [-0.3, -0.25) is 14.6 Å². The summed E-state index contributed by atoms with van der Waals surface area (Å²) in [5.74, 6) is -0.137. The summed E-state index contributed by atoms with van der Waals surface area (Å²) >= 11 is 0. The van der Waals surface area contributed by atoms with Crippen LogP contribution in [0.1, 0.15) is 33.9 Å². The largest absolute Gasteiger partial charge is 0.507 e. The average Bonchev–Trinajstić information content (AvgIpc) is 3.28. The monoisotopic (exact) mass is 580 g/mol. The van der Waals surface area contributed by atoms with Crippen molar-refractivity contribution in [3.8, 4) is 23.0 Å². The molecule has 1 aromatic heterocycles. The van der Waals surface area contributed by atoms with E-state index >= 15 is 0 Å². The minimum atomic E-state index is -0.948. The zero-order valence-corrected chi connectivity index (χ0v) is 24.4. The minimum Gasteiger partial charge on any atom is -0.507 e. The lowest BCUT2D eigenvalue weighted by atomic mass is 9.94. The van der Waals surface area contributed by atoms with Crippen LogP contribution in [0.15, 0.2) is 90.8 Å². The molecule has 9 nitrogen and oxygen atoms in total. The van der Waals surface area contributed by atoms with E-state index in [1.54, 1.807) is 54.9 Å². The van der Waals surface area contributed by atoms with Crippen LogP contribution in [0.2, 0.25) is 0 Å². The minimum absolute atomic E-state index is 0.0503. The second kappa shape index (κ2) is 12.7. The number of carbonyl (C=O) groups is 2. The number of aliphatic hydroxyl groups excluding tert-OH is 1. The van der Waals surface area contributed by atoms with Crippen molar-refractivity contribution < 1.29 is 33.6 Å². The summed E-state index contributed by atoms with van der Waals surface area (Å²) < 4.78 is 22.6. The molecular formula is C34H32N2O7. The fourth-order valence-electron chi connectivity index (χ4n) is 5.18. The smallest absolute Gasteiger partial charge is 0.295 e. The number of hydrogen-bond acceptors (Lipinski definition) is 8. The maximum absolute atomic E-state index is 13.6. The van der Waals surface area contributed by atoms with Gasteiger partial charge in [-0.25, -0.2) is 0 Å². The van der Waals surface area contributed by atoms with Gasteiger partial charge in [-0.2, -0.15) is 0 Å². The number of ketones is 1. The van der Waals surface area contributed by atoms with E-state index in [9.17, 15) is 14.7 Å². The normalized spacial score (nSPS) is 15.8. The molecule has 1 aliphatic rings. The van der Waals surface area contributed by atoms with E-state index in [-0.39, 0.29) is 17.9 Å². The van der Waals surface area contributed by atoms with Crippen LogP contribution in [0.25, 0.3) is 5.76 Å². The highest BCUT2D eigenvalue weighted by atomic mass is 16.5. The molecule has 1 aliphatic heterocycles. The number of hydrogen-bond donors (Lipinski definition) is 1. The van der Waals surface area contributed by atoms with Crippen molar-refractivity contribution in [2.45, 2.75) is 26.1 Å². The highest BCUT2D eigenvalue weighted by Crippen LogP contribution is 2.46. The molecule has 5 rings (SSSR count). The number of benzene rings is 3. The van der Waals surface area contributed by atoms with Crippen LogP contribution in [0, 0.1) is 6.92 Å². The van der Waals surface area contributed by atoms with Gasteiger partial charge in [-0.05, 0) is 71.6 Å². The van der Waals surface area contributed by atoms with Crippen LogP contribution >= 0.6 is 0 Å². The van der Waals surface area contributed by atoms with Gasteiger partial charge in [0.15, 0.2) is 11.5 Å². The van der Waals surface area contributed by atoms with Crippen LogP contribution < -0.4 is 18.9 Å². The van der Waals surface area contributed by atoms with Crippen molar-refractivity contribution in [2.24, 2.45) is 0 Å². The van der Waals surface area contributed by atoms with Gasteiger partial charge in [0.25, 0.3) is 11.7 Å². The first-order valence-corrected chi connectivity index (χ1v) is 13.6. The lowest BCUT2D eigenvalue weighted by molar-refractivity contribution is -0.140. The lowest BCUT2D eigenvalue weighted by Crippen LogP contribution is -2.29. The maximum atomic E-state index is 13.6. The van der Waals surface area contributed by atoms with Gasteiger partial charge in [-0.1, -0.05) is 30.3 Å². The van der Waals surface area contributed by atoms with Gasteiger partial charge in [0.2, 0.25) is 5.75 Å². The van der Waals surface area contributed by atoms with E-state index in [0.717, 1.165) is 16.7 Å². The van der Waals surface area contributed by atoms with Crippen LogP contribution in [0.4, 0.5) is 0 Å². The zero-order valence-electron chi connectivity index (χ0n) is 24.4. The van der Waals surface area contributed by atoms with E-state index in [2.05, 4.69) is 4.98 Å². The number of Topliss-reactive ketones (excluding diaryl/α,β-unsaturated/α-hetero) is 1. The maximum Gasteiger partial charge on any atom is 0.295 e. The summed E-state index contributed by atoms with van der Waals surface area (Å²) in [4.78, 5) is 32.6. The fourth-order valence-corrected chi connectivity index (χ4v) is 5.18. The lowest BCUT2D eigenvalue weighted by Gasteiger charge is -2.26. The van der Waals surface area contributed by atoms with E-state index in [0.29, 0.717) is 40.7 Å². The van der Waals surface area contributed by atoms with Crippen molar-refractivity contribution in [2.75, 3.05) is 21.3 Å². The predicted octanol–water partition coefficient (Wildman–Crippen LogP) is 5.62. The van der Waals surface area contributed by atoms with Crippen LogP contribution in [0.5, 0.6) is 23.0 Å². The third kappa shape index (κ3) is 5.88. The van der Waals surface area contributed by atoms with Crippen molar-refractivity contribution in [1.29, 1.82) is 0 Å². The molecule has 1 fully saturated rings. The summed E-state index contributed by atoms with van der Waals surface area (Å²) in [6, 6.07) is 20.9. The number of methoxy groups -OCH3 is 3. The molecule has 9 heteroatoms. The Morgan fingerprint density at radius 3 is 2.12 bits per heavy atom. The van der Waals surface area contributed by atoms with Gasteiger partial charge in [0, 0.05) is 24.5 Å². The molecule has 220 valence electrons. The Kier molecular flexibility index (Phi) is 8.61. The number of ether oxygens (including phenoxy) is 4. The number of rotatable bonds is 10. The molecule has 1 atom stereocenters. The molecule has 4 aromatic rings. The highest BCUT2D eigenvalue weighted by molar-refractivity contribution is 6.46. The molecule has 0 saturated carbocycles. The summed E-state index contributed by atoms with van der Waals surface area (Å²) in [6.45, 7) is 2.35. The third-order valence-corrected chi connectivity index (χ3v) is 7.33. The molecule has 2 heterocycles. The highest BCUT2D eigenvalue weighted by Gasteiger charge is 2.46. The predicted molar refractivity (Wildman–Crippen MR) is 160 cm³/mol. The number of aromatic nitrogens is 1. The number of amides is 1. The van der Waals surface area contributed by atoms with Crippen molar-refractivity contribution in [1.82, 2.24) is 9.88 Å². The topological polar surface area (TPSA) is 107 Å². The quantitative estimate of drug-likeness (QED) is 0.146. The van der Waals surface area contributed by atoms with Crippen LogP contribution in [-0.2, 0) is 22.7 Å². The molecule has 0 bridgehead atoms. The average molecular weight is 581 g/mol. The Morgan fingerprint density at radius 2 is 1.51 bits per heavy atom. The number of aryl methyl sites for hydroxylation is 1. The molecule has 1 amide bonds. The standard InChI is InChI=1S/C34H32N2O7/c1-21-16-24(10-11-26(21)43-20-23-8-6-5-7-9-23)31(37)29-30(25-17-27(40-2)33(42-4)28(18-25)41-3)36(34(39)32(29)38)19-22-12-14-35-15-13-22/h5-18,30,37H,19-20H2,1-4H3/b31-29+. The van der Waals surface area contributed by atoms with Gasteiger partial charge in [0.05, 0.1) is 32.9 Å². The van der Waals surface area contributed by atoms with E-state index in [4.69, 9.17) is 18.9 Å². The summed E-state index contributed by atoms with van der Waals surface area (Å²) in [5, 5.41) is 11.6. The Hall–Kier alpha value is -5.31. The van der Waals surface area contributed by atoms with Crippen molar-refractivity contribution in [3.63, 3.8) is 0 Å². The van der Waals surface area contributed by atoms with E-state index in [1.807, 2.05) is 37.3 Å². The summed E-state index contributed by atoms with van der Waals surface area (Å²) in [6.07, 6.45) is 3.23. The first-order valence-electron chi connectivity index (χ1n) is 13.6. The van der Waals surface area contributed by atoms with Gasteiger partial charge < -0.3 is 29.0 Å². The number of carbonyl (C=O) groups excluding carboxylic acids is 2. The third-order valence-electron chi connectivity index (χ3n) is 7.33. The van der Waals surface area contributed by atoms with Gasteiger partial charge >= 0.3 is 0 Å². The number of pyridine rings is 1. The van der Waals surface area contributed by atoms with Crippen molar-refractivity contribution >= 4 is 17.4 Å². The van der Waals surface area contributed by atoms with E-state index in [1.165, 1.54) is 26.2 Å². The molecule has 1 saturated heterocycles. The summed E-state index contributed by atoms with van der Waals surface area (Å²) in [5.41, 5.74) is 3.38. The van der Waals surface area contributed by atoms with E-state index < -0.39 is 17.7 Å². The fraction of sp³-hybridized carbons (Fsp3) is 0.206. The molecule has 3 aromatic carbocycles. The first kappa shape index (κ1) is 29.2. The molecular weight excluding hydrogens is 548 g/mol. The molecule has 0 aliphatic carbocycles. The second-order valence-corrected chi connectivity index (χ2v) is 10.00. The molecule has 0 spiro atoms. The Balaban J connectivity index is 1.59. The molecule has 1 N–H and O–H groups in total. The zero-order chi connectivity index (χ0) is 30.5. The molecule has 43 heavy (non-hydrogen) atoms. The van der Waals surface area contributed by atoms with Gasteiger partial charge in [-0.15, -0.1) is 0 Å². The number of likely N-dealkylation sites (tertiary alicyclic amines) is 1. The van der Waals surface area contributed by atoms with Crippen LogP contribution in [-0.4, -0.2) is 48.0 Å². The molecule has 0 radical (unpaired) electrons. The van der Waals surface area contributed by atoms with Crippen molar-refractivity contribution in [3.05, 3.63) is 119 Å². The number of nitrogens with zero attached hydrogens (tertiary/aromatic N) is 2. The SMILES string of the molecule is COc1cc(C2/C(=C(\O)c3ccc(OCc4ccccc4)c(C)c3)C(=O)C(=O)N2Cc2ccncc2)cc(OC)c1OC. The number of aliphatic hydroxyl groups is 1. The first-order chi connectivity index (χ1) is 20.9. The second-order valence-electron chi connectivity index (χ2n) is 10.00. The Bertz CT molecular complexity index is 1640. The summed E-state index contributed by atoms with van der Waals surface area (Å²) in [7, 11) is 4.46. The Labute approximate surface area is 249 Å². The van der Waals surface area contributed by atoms with Crippen LogP contribution in [0.3, 0.4) is 0 Å². The van der Waals surface area contributed by atoms with Gasteiger partial charge in [0.1, 0.15) is 18.1 Å². The Morgan fingerprint density at radius 1 is 0.837 bits per heavy atom. The molecule has 1 unspecified atom stereocenters.